The number of amides is 2. The number of rotatable bonds is 4. The zero-order valence-corrected chi connectivity index (χ0v) is 15.8. The first-order chi connectivity index (χ1) is 12.2. The van der Waals surface area contributed by atoms with Crippen molar-refractivity contribution in [2.45, 2.75) is 39.3 Å². The van der Waals surface area contributed by atoms with Gasteiger partial charge in [0.15, 0.2) is 0 Å². The van der Waals surface area contributed by atoms with Gasteiger partial charge in [-0.25, -0.2) is 9.59 Å². The molecule has 2 saturated heterocycles. The number of cyclic esters (lactones) is 1. The summed E-state index contributed by atoms with van der Waals surface area (Å²) in [6, 6.07) is 7.95. The molecule has 2 amide bonds. The maximum absolute atomic E-state index is 12.0. The Balaban J connectivity index is 1.52. The Labute approximate surface area is 154 Å². The Morgan fingerprint density at radius 1 is 1.35 bits per heavy atom. The van der Waals surface area contributed by atoms with Crippen molar-refractivity contribution in [3.05, 3.63) is 24.3 Å². The van der Waals surface area contributed by atoms with Gasteiger partial charge in [0.05, 0.1) is 6.54 Å². The van der Waals surface area contributed by atoms with Crippen LogP contribution in [0.25, 0.3) is 0 Å². The molecule has 2 heterocycles. The van der Waals surface area contributed by atoms with E-state index in [0.29, 0.717) is 32.2 Å². The minimum atomic E-state index is -0.469. The van der Waals surface area contributed by atoms with Crippen LogP contribution in [0, 0.1) is 5.92 Å². The molecule has 1 atom stereocenters. The van der Waals surface area contributed by atoms with E-state index in [1.54, 1.807) is 9.80 Å². The van der Waals surface area contributed by atoms with Crippen LogP contribution in [0.2, 0.25) is 0 Å². The summed E-state index contributed by atoms with van der Waals surface area (Å²) in [4.78, 5) is 27.1. The first-order valence-corrected chi connectivity index (χ1v) is 9.02. The fourth-order valence-electron chi connectivity index (χ4n) is 3.08. The predicted octanol–water partition coefficient (Wildman–Crippen LogP) is 3.31. The van der Waals surface area contributed by atoms with Crippen LogP contribution in [-0.2, 0) is 9.47 Å². The van der Waals surface area contributed by atoms with Crippen molar-refractivity contribution in [1.82, 2.24) is 4.90 Å². The number of hydrogen-bond acceptors (Lipinski definition) is 5. The van der Waals surface area contributed by atoms with E-state index in [1.165, 1.54) is 0 Å². The van der Waals surface area contributed by atoms with E-state index in [-0.39, 0.29) is 18.2 Å². The smallest absolute Gasteiger partial charge is 0.414 e. The van der Waals surface area contributed by atoms with Crippen LogP contribution < -0.4 is 10.2 Å². The second-order valence-electron chi connectivity index (χ2n) is 7.89. The third-order valence-electron chi connectivity index (χ3n) is 4.58. The highest BCUT2D eigenvalue weighted by Gasteiger charge is 2.36. The zero-order chi connectivity index (χ0) is 18.9. The van der Waals surface area contributed by atoms with Crippen molar-refractivity contribution >= 4 is 23.6 Å². The van der Waals surface area contributed by atoms with Gasteiger partial charge in [-0.1, -0.05) is 6.07 Å². The van der Waals surface area contributed by atoms with Crippen molar-refractivity contribution in [2.75, 3.05) is 36.5 Å². The monoisotopic (exact) mass is 361 g/mol. The average molecular weight is 361 g/mol. The van der Waals surface area contributed by atoms with Crippen LogP contribution >= 0.6 is 0 Å². The minimum absolute atomic E-state index is 0.203. The standard InChI is InChI=1S/C19H27N3O4/c1-13(14-11-21(12-14)17(23)26-19(2,3)4)20-15-6-5-7-16(10-15)22-8-9-25-18(22)24/h5-7,10,13-14,20H,8-9,11-12H2,1-4H3. The molecule has 7 heteroatoms. The van der Waals surface area contributed by atoms with E-state index in [9.17, 15) is 9.59 Å². The van der Waals surface area contributed by atoms with E-state index < -0.39 is 5.60 Å². The third-order valence-corrected chi connectivity index (χ3v) is 4.58. The number of carbonyl (C=O) groups is 2. The highest BCUT2D eigenvalue weighted by atomic mass is 16.6. The molecule has 0 bridgehead atoms. The largest absolute Gasteiger partial charge is 0.447 e. The second-order valence-corrected chi connectivity index (χ2v) is 7.89. The maximum atomic E-state index is 12.0. The van der Waals surface area contributed by atoms with Crippen molar-refractivity contribution < 1.29 is 19.1 Å². The summed E-state index contributed by atoms with van der Waals surface area (Å²) in [7, 11) is 0. The predicted molar refractivity (Wildman–Crippen MR) is 99.5 cm³/mol. The number of anilines is 2. The molecule has 0 radical (unpaired) electrons. The fraction of sp³-hybridized carbons (Fsp3) is 0.579. The second kappa shape index (κ2) is 7.05. The summed E-state index contributed by atoms with van der Waals surface area (Å²) in [5, 5.41) is 3.47. The number of likely N-dealkylation sites (tertiary alicyclic amines) is 1. The summed E-state index contributed by atoms with van der Waals surface area (Å²) in [5.74, 6) is 0.364. The molecular weight excluding hydrogens is 334 g/mol. The van der Waals surface area contributed by atoms with Crippen LogP contribution in [0.3, 0.4) is 0 Å². The van der Waals surface area contributed by atoms with E-state index in [1.807, 2.05) is 45.0 Å². The topological polar surface area (TPSA) is 71.1 Å². The Morgan fingerprint density at radius 2 is 2.08 bits per heavy atom. The maximum Gasteiger partial charge on any atom is 0.414 e. The third kappa shape index (κ3) is 4.20. The number of benzene rings is 1. The van der Waals surface area contributed by atoms with Crippen molar-refractivity contribution in [3.8, 4) is 0 Å². The Kier molecular flexibility index (Phi) is 4.98. The van der Waals surface area contributed by atoms with Gasteiger partial charge in [-0.15, -0.1) is 0 Å². The first kappa shape index (κ1) is 18.4. The van der Waals surface area contributed by atoms with Gasteiger partial charge in [-0.3, -0.25) is 4.90 Å². The number of hydrogen-bond donors (Lipinski definition) is 1. The van der Waals surface area contributed by atoms with Crippen molar-refractivity contribution in [2.24, 2.45) is 5.92 Å². The van der Waals surface area contributed by atoms with E-state index in [2.05, 4.69) is 12.2 Å². The first-order valence-electron chi connectivity index (χ1n) is 9.02. The van der Waals surface area contributed by atoms with E-state index >= 15 is 0 Å². The molecule has 0 aliphatic carbocycles. The number of nitrogens with one attached hydrogen (secondary N) is 1. The molecule has 0 aromatic heterocycles. The Morgan fingerprint density at radius 3 is 2.69 bits per heavy atom. The molecule has 26 heavy (non-hydrogen) atoms. The van der Waals surface area contributed by atoms with E-state index in [4.69, 9.17) is 9.47 Å². The molecule has 2 fully saturated rings. The van der Waals surface area contributed by atoms with Crippen LogP contribution in [-0.4, -0.2) is 55.0 Å². The van der Waals surface area contributed by atoms with Gasteiger partial charge in [0, 0.05) is 36.4 Å². The summed E-state index contributed by atoms with van der Waals surface area (Å²) < 4.78 is 10.4. The Bertz CT molecular complexity index is 680. The summed E-state index contributed by atoms with van der Waals surface area (Å²) in [5.41, 5.74) is 1.31. The number of carbonyl (C=O) groups excluding carboxylic acids is 2. The molecule has 1 N–H and O–H groups in total. The lowest BCUT2D eigenvalue weighted by Gasteiger charge is -2.43. The average Bonchev–Trinajstić information content (AvgIpc) is 2.90. The van der Waals surface area contributed by atoms with Crippen LogP contribution in [0.4, 0.5) is 21.0 Å². The zero-order valence-electron chi connectivity index (χ0n) is 15.8. The molecule has 0 spiro atoms. The SMILES string of the molecule is CC(Nc1cccc(N2CCOC2=O)c1)C1CN(C(=O)OC(C)(C)C)C1. The van der Waals surface area contributed by atoms with Gasteiger partial charge in [-0.2, -0.15) is 0 Å². The molecular formula is C19H27N3O4. The summed E-state index contributed by atoms with van der Waals surface area (Å²) in [6.45, 7) is 10.1. The molecule has 3 rings (SSSR count). The molecule has 7 nitrogen and oxygen atoms in total. The molecule has 0 saturated carbocycles. The van der Waals surface area contributed by atoms with Crippen molar-refractivity contribution in [3.63, 3.8) is 0 Å². The quantitative estimate of drug-likeness (QED) is 0.891. The van der Waals surface area contributed by atoms with Gasteiger partial charge < -0.3 is 19.7 Å². The van der Waals surface area contributed by atoms with Crippen LogP contribution in [0.5, 0.6) is 0 Å². The van der Waals surface area contributed by atoms with Gasteiger partial charge >= 0.3 is 12.2 Å². The fourth-order valence-corrected chi connectivity index (χ4v) is 3.08. The molecule has 1 aromatic rings. The van der Waals surface area contributed by atoms with Crippen LogP contribution in [0.15, 0.2) is 24.3 Å². The van der Waals surface area contributed by atoms with Crippen LogP contribution in [0.1, 0.15) is 27.7 Å². The number of ether oxygens (including phenoxy) is 2. The van der Waals surface area contributed by atoms with E-state index in [0.717, 1.165) is 11.4 Å². The molecule has 1 unspecified atom stereocenters. The lowest BCUT2D eigenvalue weighted by atomic mass is 9.93. The summed E-state index contributed by atoms with van der Waals surface area (Å²) >= 11 is 0. The molecule has 2 aliphatic rings. The lowest BCUT2D eigenvalue weighted by Crippen LogP contribution is -2.56. The highest BCUT2D eigenvalue weighted by Crippen LogP contribution is 2.27. The minimum Gasteiger partial charge on any atom is -0.447 e. The normalized spacial score (nSPS) is 19.0. The van der Waals surface area contributed by atoms with Crippen molar-refractivity contribution in [1.29, 1.82) is 0 Å². The molecule has 1 aromatic carbocycles. The molecule has 142 valence electrons. The lowest BCUT2D eigenvalue weighted by molar-refractivity contribution is -0.00280. The Hall–Kier alpha value is -2.44. The summed E-state index contributed by atoms with van der Waals surface area (Å²) in [6.07, 6.45) is -0.558. The highest BCUT2D eigenvalue weighted by molar-refractivity contribution is 5.89. The van der Waals surface area contributed by atoms with Gasteiger partial charge in [0.25, 0.3) is 0 Å². The van der Waals surface area contributed by atoms with Gasteiger partial charge in [0.2, 0.25) is 0 Å². The number of nitrogens with zero attached hydrogens (tertiary/aromatic N) is 2. The van der Waals surface area contributed by atoms with Gasteiger partial charge in [-0.05, 0) is 45.9 Å². The van der Waals surface area contributed by atoms with Gasteiger partial charge in [0.1, 0.15) is 12.2 Å². The molecule has 2 aliphatic heterocycles.